The number of nitrogens with one attached hydrogen (secondary N) is 1. The molecule has 0 unspecified atom stereocenters. The molecule has 2 aliphatic rings. The van der Waals surface area contributed by atoms with E-state index in [1.165, 1.54) is 7.11 Å². The summed E-state index contributed by atoms with van der Waals surface area (Å²) in [4.78, 5) is 35.6. The van der Waals surface area contributed by atoms with Gasteiger partial charge in [-0.25, -0.2) is 4.79 Å². The summed E-state index contributed by atoms with van der Waals surface area (Å²) in [5, 5.41) is 2.75. The first-order chi connectivity index (χ1) is 9.61. The summed E-state index contributed by atoms with van der Waals surface area (Å²) in [5.74, 6) is -0.877. The summed E-state index contributed by atoms with van der Waals surface area (Å²) < 4.78 is 9.95. The van der Waals surface area contributed by atoms with Crippen molar-refractivity contribution in [3.05, 3.63) is 0 Å². The molecular weight excluding hydrogens is 262 g/mol. The van der Waals surface area contributed by atoms with Crippen LogP contribution in [0, 0.1) is 11.8 Å². The standard InChI is InChI=1S/C14H21NO5/c1-19-14(18)12(9-3-2-4-11(16)7-9)15-13(17)10-5-6-20-8-10/h9-10,12H,2-8H2,1H3,(H,15,17)/t9-,10+,12-/m0/s1. The first kappa shape index (κ1) is 15.0. The number of esters is 1. The van der Waals surface area contributed by atoms with Crippen molar-refractivity contribution in [3.63, 3.8) is 0 Å². The van der Waals surface area contributed by atoms with E-state index in [1.54, 1.807) is 0 Å². The molecule has 1 amide bonds. The van der Waals surface area contributed by atoms with Crippen LogP contribution in [0.1, 0.15) is 32.1 Å². The number of methoxy groups -OCH3 is 1. The van der Waals surface area contributed by atoms with Crippen LogP contribution in [0.4, 0.5) is 0 Å². The molecule has 1 saturated heterocycles. The van der Waals surface area contributed by atoms with Gasteiger partial charge in [-0.2, -0.15) is 0 Å². The van der Waals surface area contributed by atoms with Gasteiger partial charge in [-0.15, -0.1) is 0 Å². The quantitative estimate of drug-likeness (QED) is 0.757. The molecule has 1 aliphatic heterocycles. The maximum Gasteiger partial charge on any atom is 0.328 e. The van der Waals surface area contributed by atoms with Gasteiger partial charge in [0.2, 0.25) is 5.91 Å². The summed E-state index contributed by atoms with van der Waals surface area (Å²) in [7, 11) is 1.30. The van der Waals surface area contributed by atoms with E-state index in [2.05, 4.69) is 5.32 Å². The molecule has 1 heterocycles. The Morgan fingerprint density at radius 2 is 2.20 bits per heavy atom. The predicted molar refractivity (Wildman–Crippen MR) is 69.8 cm³/mol. The number of hydrogen-bond acceptors (Lipinski definition) is 5. The largest absolute Gasteiger partial charge is 0.467 e. The van der Waals surface area contributed by atoms with Gasteiger partial charge in [-0.1, -0.05) is 0 Å². The van der Waals surface area contributed by atoms with Gasteiger partial charge in [0.1, 0.15) is 11.8 Å². The van der Waals surface area contributed by atoms with E-state index in [0.717, 1.165) is 12.8 Å². The number of rotatable bonds is 4. The Morgan fingerprint density at radius 1 is 1.40 bits per heavy atom. The number of ether oxygens (including phenoxy) is 2. The highest BCUT2D eigenvalue weighted by molar-refractivity contribution is 5.87. The number of Topliss-reactive ketones (excluding diaryl/α,β-unsaturated/α-hetero) is 1. The van der Waals surface area contributed by atoms with Gasteiger partial charge < -0.3 is 14.8 Å². The average Bonchev–Trinajstić information content (AvgIpc) is 2.98. The fraction of sp³-hybridized carbons (Fsp3) is 0.786. The van der Waals surface area contributed by atoms with Crippen molar-refractivity contribution in [2.24, 2.45) is 11.8 Å². The van der Waals surface area contributed by atoms with Crippen LogP contribution in [0.25, 0.3) is 0 Å². The Morgan fingerprint density at radius 3 is 2.80 bits per heavy atom. The topological polar surface area (TPSA) is 81.7 Å². The summed E-state index contributed by atoms with van der Waals surface area (Å²) in [6.45, 7) is 0.964. The van der Waals surface area contributed by atoms with E-state index in [-0.39, 0.29) is 23.5 Å². The van der Waals surface area contributed by atoms with E-state index in [9.17, 15) is 14.4 Å². The lowest BCUT2D eigenvalue weighted by molar-refractivity contribution is -0.148. The molecule has 1 aliphatic carbocycles. The van der Waals surface area contributed by atoms with E-state index in [1.807, 2.05) is 0 Å². The lowest BCUT2D eigenvalue weighted by Gasteiger charge is -2.29. The van der Waals surface area contributed by atoms with Gasteiger partial charge in [-0.05, 0) is 25.2 Å². The number of carbonyl (C=O) groups is 3. The van der Waals surface area contributed by atoms with Crippen molar-refractivity contribution in [3.8, 4) is 0 Å². The zero-order valence-corrected chi connectivity index (χ0v) is 11.7. The maximum absolute atomic E-state index is 12.1. The monoisotopic (exact) mass is 283 g/mol. The molecule has 0 aromatic carbocycles. The zero-order valence-electron chi connectivity index (χ0n) is 11.7. The third-order valence-electron chi connectivity index (χ3n) is 4.05. The Hall–Kier alpha value is -1.43. The minimum atomic E-state index is -0.725. The normalized spacial score (nSPS) is 27.9. The SMILES string of the molecule is COC(=O)[C@@H](NC(=O)[C@@H]1CCOC1)[C@H]1CCCC(=O)C1. The average molecular weight is 283 g/mol. The third kappa shape index (κ3) is 3.56. The maximum atomic E-state index is 12.1. The minimum Gasteiger partial charge on any atom is -0.467 e. The second-order valence-electron chi connectivity index (χ2n) is 5.47. The molecule has 6 nitrogen and oxygen atoms in total. The Kier molecular flexibility index (Phi) is 5.11. The Balaban J connectivity index is 2.01. The van der Waals surface area contributed by atoms with Gasteiger partial charge in [0.15, 0.2) is 0 Å². The van der Waals surface area contributed by atoms with Crippen molar-refractivity contribution < 1.29 is 23.9 Å². The highest BCUT2D eigenvalue weighted by atomic mass is 16.5. The number of ketones is 1. The van der Waals surface area contributed by atoms with Gasteiger partial charge >= 0.3 is 5.97 Å². The molecule has 3 atom stereocenters. The lowest BCUT2D eigenvalue weighted by atomic mass is 9.83. The number of amides is 1. The summed E-state index contributed by atoms with van der Waals surface area (Å²) >= 11 is 0. The van der Waals surface area contributed by atoms with Crippen molar-refractivity contribution in [2.45, 2.75) is 38.1 Å². The molecule has 0 bridgehead atoms. The van der Waals surface area contributed by atoms with Crippen LogP contribution in [0.5, 0.6) is 0 Å². The number of hydrogen-bond donors (Lipinski definition) is 1. The Bertz CT molecular complexity index is 389. The van der Waals surface area contributed by atoms with Gasteiger partial charge in [-0.3, -0.25) is 9.59 Å². The van der Waals surface area contributed by atoms with Crippen LogP contribution in [0.3, 0.4) is 0 Å². The number of carbonyl (C=O) groups excluding carboxylic acids is 3. The fourth-order valence-corrected chi connectivity index (χ4v) is 2.85. The molecule has 2 fully saturated rings. The highest BCUT2D eigenvalue weighted by Crippen LogP contribution is 2.25. The van der Waals surface area contributed by atoms with Crippen LogP contribution >= 0.6 is 0 Å². The molecule has 0 spiro atoms. The van der Waals surface area contributed by atoms with Crippen molar-refractivity contribution in [1.82, 2.24) is 5.32 Å². The molecule has 1 saturated carbocycles. The van der Waals surface area contributed by atoms with Crippen LogP contribution in [0.15, 0.2) is 0 Å². The second-order valence-corrected chi connectivity index (χ2v) is 5.47. The molecule has 6 heteroatoms. The molecule has 20 heavy (non-hydrogen) atoms. The summed E-state index contributed by atoms with van der Waals surface area (Å²) in [6.07, 6.45) is 3.09. The highest BCUT2D eigenvalue weighted by Gasteiger charge is 2.36. The lowest BCUT2D eigenvalue weighted by Crippen LogP contribution is -2.49. The molecule has 112 valence electrons. The third-order valence-corrected chi connectivity index (χ3v) is 4.05. The molecule has 0 aromatic rings. The van der Waals surface area contributed by atoms with Crippen LogP contribution in [-0.2, 0) is 23.9 Å². The van der Waals surface area contributed by atoms with Gasteiger partial charge in [0.05, 0.1) is 19.6 Å². The molecule has 0 radical (unpaired) electrons. The first-order valence-corrected chi connectivity index (χ1v) is 7.09. The zero-order chi connectivity index (χ0) is 14.5. The Labute approximate surface area is 118 Å². The molecular formula is C14H21NO5. The summed E-state index contributed by atoms with van der Waals surface area (Å²) in [6, 6.07) is -0.725. The van der Waals surface area contributed by atoms with E-state index >= 15 is 0 Å². The molecule has 2 rings (SSSR count). The van der Waals surface area contributed by atoms with Crippen molar-refractivity contribution in [1.29, 1.82) is 0 Å². The van der Waals surface area contributed by atoms with Crippen molar-refractivity contribution in [2.75, 3.05) is 20.3 Å². The van der Waals surface area contributed by atoms with Gasteiger partial charge in [0, 0.05) is 19.4 Å². The predicted octanol–water partition coefficient (Wildman–Crippen LogP) is 0.440. The van der Waals surface area contributed by atoms with Crippen LogP contribution in [0.2, 0.25) is 0 Å². The molecule has 0 aromatic heterocycles. The van der Waals surface area contributed by atoms with Crippen molar-refractivity contribution >= 4 is 17.7 Å². The van der Waals surface area contributed by atoms with Crippen LogP contribution < -0.4 is 5.32 Å². The first-order valence-electron chi connectivity index (χ1n) is 7.09. The second kappa shape index (κ2) is 6.83. The fourth-order valence-electron chi connectivity index (χ4n) is 2.85. The minimum absolute atomic E-state index is 0.147. The smallest absolute Gasteiger partial charge is 0.328 e. The van der Waals surface area contributed by atoms with E-state index in [0.29, 0.717) is 32.5 Å². The van der Waals surface area contributed by atoms with E-state index < -0.39 is 12.0 Å². The summed E-state index contributed by atoms with van der Waals surface area (Å²) in [5.41, 5.74) is 0. The molecule has 1 N–H and O–H groups in total. The van der Waals surface area contributed by atoms with E-state index in [4.69, 9.17) is 9.47 Å². The van der Waals surface area contributed by atoms with Crippen LogP contribution in [-0.4, -0.2) is 44.0 Å². The van der Waals surface area contributed by atoms with Gasteiger partial charge in [0.25, 0.3) is 0 Å².